The first-order chi connectivity index (χ1) is 8.25. The van der Waals surface area contributed by atoms with E-state index < -0.39 is 11.9 Å². The smallest absolute Gasteiger partial charge is 0.308 e. The van der Waals surface area contributed by atoms with Gasteiger partial charge in [-0.1, -0.05) is 46.4 Å². The molecule has 0 atom stereocenters. The average Bonchev–Trinajstić information content (AvgIpc) is 2.27. The summed E-state index contributed by atoms with van der Waals surface area (Å²) in [6.07, 6.45) is 0. The minimum Gasteiger partial charge on any atom is -0.423 e. The molecule has 0 spiro atoms. The number of ether oxygens (including phenoxy) is 2. The van der Waals surface area contributed by atoms with Crippen LogP contribution in [-0.2, 0) is 9.59 Å². The fourth-order valence-electron chi connectivity index (χ4n) is 1.06. The van der Waals surface area contributed by atoms with E-state index in [1.54, 1.807) is 0 Å². The van der Waals surface area contributed by atoms with E-state index in [9.17, 15) is 9.59 Å². The van der Waals surface area contributed by atoms with Gasteiger partial charge in [-0.15, -0.1) is 0 Å². The Kier molecular flexibility index (Phi) is 5.10. The van der Waals surface area contributed by atoms with Crippen molar-refractivity contribution in [2.24, 2.45) is 0 Å². The molecule has 18 heavy (non-hydrogen) atoms. The summed E-state index contributed by atoms with van der Waals surface area (Å²) >= 11 is 23.4. The van der Waals surface area contributed by atoms with Gasteiger partial charge in [-0.3, -0.25) is 9.59 Å². The third-order valence-corrected chi connectivity index (χ3v) is 3.31. The number of esters is 2. The van der Waals surface area contributed by atoms with E-state index in [1.165, 1.54) is 0 Å². The van der Waals surface area contributed by atoms with Crippen LogP contribution in [-0.4, -0.2) is 11.9 Å². The van der Waals surface area contributed by atoms with Crippen molar-refractivity contribution in [1.29, 1.82) is 0 Å². The van der Waals surface area contributed by atoms with Gasteiger partial charge in [-0.25, -0.2) is 0 Å². The third-order valence-electron chi connectivity index (χ3n) is 1.67. The Hall–Kier alpha value is -0.680. The van der Waals surface area contributed by atoms with Gasteiger partial charge in [-0.05, 0) is 0 Å². The number of benzene rings is 1. The average molecular weight is 332 g/mol. The maximum atomic E-state index is 10.9. The van der Waals surface area contributed by atoms with Crippen LogP contribution < -0.4 is 9.47 Å². The van der Waals surface area contributed by atoms with Gasteiger partial charge in [0.1, 0.15) is 15.1 Å². The van der Waals surface area contributed by atoms with E-state index >= 15 is 0 Å². The SMILES string of the molecule is CC(=O)Oc1c(Cl)c(Cl)c(Cl)c(OC(C)=O)c1Cl. The number of hydrogen-bond donors (Lipinski definition) is 0. The first-order valence-corrected chi connectivity index (χ1v) is 5.99. The van der Waals surface area contributed by atoms with Crippen molar-refractivity contribution < 1.29 is 19.1 Å². The van der Waals surface area contributed by atoms with Gasteiger partial charge in [0.25, 0.3) is 0 Å². The first kappa shape index (κ1) is 15.4. The predicted molar refractivity (Wildman–Crippen MR) is 69.1 cm³/mol. The summed E-state index contributed by atoms with van der Waals surface area (Å²) in [6.45, 7) is 2.31. The summed E-state index contributed by atoms with van der Waals surface area (Å²) in [5.74, 6) is -1.75. The normalized spacial score (nSPS) is 10.1. The fraction of sp³-hybridized carbons (Fsp3) is 0.200. The topological polar surface area (TPSA) is 52.6 Å². The molecule has 0 aromatic heterocycles. The fourth-order valence-corrected chi connectivity index (χ4v) is 2.10. The monoisotopic (exact) mass is 330 g/mol. The Morgan fingerprint density at radius 3 is 1.33 bits per heavy atom. The summed E-state index contributed by atoms with van der Waals surface area (Å²) in [5.41, 5.74) is 0. The zero-order valence-electron chi connectivity index (χ0n) is 9.14. The van der Waals surface area contributed by atoms with Gasteiger partial charge in [0.05, 0.1) is 5.02 Å². The minimum atomic E-state index is -0.661. The zero-order chi connectivity index (χ0) is 14.0. The highest BCUT2D eigenvalue weighted by Crippen LogP contribution is 2.50. The summed E-state index contributed by atoms with van der Waals surface area (Å²) in [7, 11) is 0. The minimum absolute atomic E-state index is 0.129. The van der Waals surface area contributed by atoms with Crippen LogP contribution in [0, 0.1) is 0 Å². The van der Waals surface area contributed by atoms with Gasteiger partial charge in [0.2, 0.25) is 0 Å². The molecule has 1 rings (SSSR count). The molecular weight excluding hydrogens is 326 g/mol. The molecule has 0 radical (unpaired) electrons. The van der Waals surface area contributed by atoms with Crippen molar-refractivity contribution in [2.45, 2.75) is 13.8 Å². The number of rotatable bonds is 2. The maximum absolute atomic E-state index is 10.9. The molecule has 0 aliphatic rings. The second kappa shape index (κ2) is 5.97. The van der Waals surface area contributed by atoms with E-state index in [2.05, 4.69) is 0 Å². The molecule has 1 aromatic rings. The van der Waals surface area contributed by atoms with E-state index in [0.717, 1.165) is 13.8 Å². The Bertz CT molecular complexity index is 484. The van der Waals surface area contributed by atoms with E-state index in [0.29, 0.717) is 0 Å². The molecule has 0 N–H and O–H groups in total. The number of halogens is 4. The summed E-state index contributed by atoms with van der Waals surface area (Å²) < 4.78 is 9.59. The lowest BCUT2D eigenvalue weighted by molar-refractivity contribution is -0.132. The van der Waals surface area contributed by atoms with Crippen molar-refractivity contribution in [3.05, 3.63) is 20.1 Å². The highest BCUT2D eigenvalue weighted by atomic mass is 35.5. The lowest BCUT2D eigenvalue weighted by Gasteiger charge is -2.13. The Morgan fingerprint density at radius 1 is 0.722 bits per heavy atom. The Balaban J connectivity index is 3.48. The Labute approximate surface area is 123 Å². The lowest BCUT2D eigenvalue weighted by Crippen LogP contribution is -2.06. The third kappa shape index (κ3) is 3.20. The van der Waals surface area contributed by atoms with E-state index in [4.69, 9.17) is 55.9 Å². The molecule has 0 aliphatic heterocycles. The number of hydrogen-bond acceptors (Lipinski definition) is 4. The highest BCUT2D eigenvalue weighted by Gasteiger charge is 2.24. The molecule has 0 saturated heterocycles. The predicted octanol–water partition coefficient (Wildman–Crippen LogP) is 4.15. The van der Waals surface area contributed by atoms with Gasteiger partial charge < -0.3 is 9.47 Å². The molecule has 0 aliphatic carbocycles. The van der Waals surface area contributed by atoms with Crippen molar-refractivity contribution in [3.8, 4) is 11.5 Å². The summed E-state index contributed by atoms with van der Waals surface area (Å²) in [6, 6.07) is 0. The van der Waals surface area contributed by atoms with Crippen molar-refractivity contribution >= 4 is 58.3 Å². The lowest BCUT2D eigenvalue weighted by atomic mass is 10.3. The largest absolute Gasteiger partial charge is 0.423 e. The molecule has 1 aromatic carbocycles. The van der Waals surface area contributed by atoms with Gasteiger partial charge in [0.15, 0.2) is 11.5 Å². The second-order valence-corrected chi connectivity index (χ2v) is 4.61. The van der Waals surface area contributed by atoms with Crippen LogP contribution in [0.25, 0.3) is 0 Å². The van der Waals surface area contributed by atoms with Crippen LogP contribution in [0.5, 0.6) is 11.5 Å². The van der Waals surface area contributed by atoms with Crippen molar-refractivity contribution in [3.63, 3.8) is 0 Å². The second-order valence-electron chi connectivity index (χ2n) is 3.10. The molecule has 0 amide bonds. The Morgan fingerprint density at radius 2 is 1.06 bits per heavy atom. The molecule has 0 unspecified atom stereocenters. The van der Waals surface area contributed by atoms with Crippen LogP contribution in [0.1, 0.15) is 13.8 Å². The van der Waals surface area contributed by atoms with Gasteiger partial charge in [0, 0.05) is 13.8 Å². The van der Waals surface area contributed by atoms with Crippen LogP contribution in [0.2, 0.25) is 20.1 Å². The van der Waals surface area contributed by atoms with Crippen LogP contribution in [0.3, 0.4) is 0 Å². The van der Waals surface area contributed by atoms with E-state index in [-0.39, 0.29) is 31.6 Å². The molecular formula is C10H6Cl4O4. The van der Waals surface area contributed by atoms with Gasteiger partial charge in [-0.2, -0.15) is 0 Å². The van der Waals surface area contributed by atoms with Crippen molar-refractivity contribution in [2.75, 3.05) is 0 Å². The molecule has 0 heterocycles. The molecule has 98 valence electrons. The zero-order valence-corrected chi connectivity index (χ0v) is 12.2. The van der Waals surface area contributed by atoms with Gasteiger partial charge >= 0.3 is 11.9 Å². The first-order valence-electron chi connectivity index (χ1n) is 4.48. The standard InChI is InChI=1S/C10H6Cl4O4/c1-3(15)17-9-6(12)5(11)7(13)10(8(9)14)18-4(2)16/h1-2H3. The van der Waals surface area contributed by atoms with Crippen molar-refractivity contribution in [1.82, 2.24) is 0 Å². The van der Waals surface area contributed by atoms with Crippen LogP contribution in [0.15, 0.2) is 0 Å². The van der Waals surface area contributed by atoms with Crippen LogP contribution in [0.4, 0.5) is 0 Å². The molecule has 4 nitrogen and oxygen atoms in total. The molecule has 8 heteroatoms. The molecule has 0 fully saturated rings. The van der Waals surface area contributed by atoms with Crippen LogP contribution >= 0.6 is 46.4 Å². The van der Waals surface area contributed by atoms with E-state index in [1.807, 2.05) is 0 Å². The number of carbonyl (C=O) groups is 2. The highest BCUT2D eigenvalue weighted by molar-refractivity contribution is 6.51. The molecule has 0 bridgehead atoms. The maximum Gasteiger partial charge on any atom is 0.308 e. The summed E-state index contributed by atoms with van der Waals surface area (Å²) in [4.78, 5) is 21.8. The molecule has 0 saturated carbocycles. The number of carbonyl (C=O) groups excluding carboxylic acids is 2. The quantitative estimate of drug-likeness (QED) is 0.353. The summed E-state index contributed by atoms with van der Waals surface area (Å²) in [5, 5.41) is -0.620.